The van der Waals surface area contributed by atoms with Crippen molar-refractivity contribution in [2.75, 3.05) is 38.1 Å². The molecule has 2 aromatic carbocycles. The second kappa shape index (κ2) is 11.9. The van der Waals surface area contributed by atoms with E-state index in [1.165, 1.54) is 23.0 Å². The first-order valence-corrected chi connectivity index (χ1v) is 13.1. The summed E-state index contributed by atoms with van der Waals surface area (Å²) in [5.41, 5.74) is 2.67. The summed E-state index contributed by atoms with van der Waals surface area (Å²) in [7, 11) is 0. The Morgan fingerprint density at radius 2 is 1.86 bits per heavy atom. The normalized spacial score (nSPS) is 14.1. The summed E-state index contributed by atoms with van der Waals surface area (Å²) in [6.07, 6.45) is 0.735. The highest BCUT2D eigenvalue weighted by Crippen LogP contribution is 2.31. The number of hydrogen-bond acceptors (Lipinski definition) is 5. The lowest BCUT2D eigenvalue weighted by Gasteiger charge is -2.36. The number of nitrogens with zero attached hydrogens (tertiary/aromatic N) is 2. The summed E-state index contributed by atoms with van der Waals surface area (Å²) in [5, 5.41) is 4.75. The highest BCUT2D eigenvalue weighted by Gasteiger charge is 2.23. The number of carbonyl (C=O) groups excluding carboxylic acids is 1. The molecule has 0 radical (unpaired) electrons. The van der Waals surface area contributed by atoms with Gasteiger partial charge in [0.05, 0.1) is 17.2 Å². The van der Waals surface area contributed by atoms with Crippen LogP contribution >= 0.6 is 35.2 Å². The molecule has 1 N–H and O–H groups in total. The molecular formula is C26H27ClFN3O2S2. The summed E-state index contributed by atoms with van der Waals surface area (Å²) >= 11 is 13.1. The smallest absolute Gasteiger partial charge is 0.341 e. The molecule has 1 fully saturated rings. The van der Waals surface area contributed by atoms with Gasteiger partial charge in [0, 0.05) is 44.0 Å². The zero-order valence-electron chi connectivity index (χ0n) is 19.4. The fourth-order valence-electron chi connectivity index (χ4n) is 3.96. The summed E-state index contributed by atoms with van der Waals surface area (Å²) in [6, 6.07) is 16.9. The zero-order valence-corrected chi connectivity index (χ0v) is 21.8. The third-order valence-electron chi connectivity index (χ3n) is 5.77. The van der Waals surface area contributed by atoms with Crippen LogP contribution in [0.25, 0.3) is 0 Å². The molecule has 0 unspecified atom stereocenters. The van der Waals surface area contributed by atoms with E-state index >= 15 is 0 Å². The number of piperazine rings is 1. The number of esters is 1. The molecule has 35 heavy (non-hydrogen) atoms. The van der Waals surface area contributed by atoms with Crippen molar-refractivity contribution in [2.24, 2.45) is 0 Å². The van der Waals surface area contributed by atoms with Crippen molar-refractivity contribution in [1.29, 1.82) is 0 Å². The summed E-state index contributed by atoms with van der Waals surface area (Å²) in [6.45, 7) is 5.93. The zero-order chi connectivity index (χ0) is 24.8. The Balaban J connectivity index is 1.38. The number of nitrogens with one attached hydrogen (secondary N) is 1. The van der Waals surface area contributed by atoms with E-state index in [-0.39, 0.29) is 11.0 Å². The molecule has 9 heteroatoms. The average Bonchev–Trinajstić information content (AvgIpc) is 3.24. The molecule has 3 aromatic rings. The van der Waals surface area contributed by atoms with Gasteiger partial charge in [0.1, 0.15) is 10.8 Å². The molecule has 4 rings (SSSR count). The van der Waals surface area contributed by atoms with Crippen molar-refractivity contribution >= 4 is 51.2 Å². The fourth-order valence-corrected chi connectivity index (χ4v) is 5.59. The minimum absolute atomic E-state index is 0.145. The fraction of sp³-hybridized carbons (Fsp3) is 0.308. The summed E-state index contributed by atoms with van der Waals surface area (Å²) < 4.78 is 18.7. The molecule has 0 saturated carbocycles. The quantitative estimate of drug-likeness (QED) is 0.306. The number of rotatable bonds is 7. The molecule has 0 bridgehead atoms. The van der Waals surface area contributed by atoms with Crippen LogP contribution in [0, 0.1) is 5.82 Å². The Morgan fingerprint density at radius 1 is 1.11 bits per heavy atom. The molecular weight excluding hydrogens is 505 g/mol. The molecule has 0 spiro atoms. The largest absolute Gasteiger partial charge is 0.462 e. The Morgan fingerprint density at radius 3 is 2.54 bits per heavy atom. The number of carbonyl (C=O) groups is 1. The molecule has 2 heterocycles. The van der Waals surface area contributed by atoms with Crippen LogP contribution in [0.4, 0.5) is 9.39 Å². The number of thiophene rings is 1. The molecule has 5 nitrogen and oxygen atoms in total. The topological polar surface area (TPSA) is 44.8 Å². The maximum absolute atomic E-state index is 13.4. The van der Waals surface area contributed by atoms with Crippen LogP contribution in [0.3, 0.4) is 0 Å². The second-order valence-electron chi connectivity index (χ2n) is 8.28. The van der Waals surface area contributed by atoms with Gasteiger partial charge in [-0.1, -0.05) is 48.0 Å². The maximum atomic E-state index is 13.4. The molecule has 184 valence electrons. The molecule has 1 aromatic heterocycles. The van der Waals surface area contributed by atoms with Crippen molar-refractivity contribution < 1.29 is 13.9 Å². The third kappa shape index (κ3) is 6.79. The summed E-state index contributed by atoms with van der Waals surface area (Å²) in [5.74, 6) is -0.754. The summed E-state index contributed by atoms with van der Waals surface area (Å²) in [4.78, 5) is 18.1. The van der Waals surface area contributed by atoms with Gasteiger partial charge in [-0.25, -0.2) is 9.18 Å². The van der Waals surface area contributed by atoms with Crippen LogP contribution in [0.5, 0.6) is 0 Å². The third-order valence-corrected chi connectivity index (χ3v) is 7.47. The number of thiocarbonyl (C=S) groups is 1. The van der Waals surface area contributed by atoms with E-state index < -0.39 is 5.82 Å². The standard InChI is InChI=1S/C26H27ClFN3O2S2/c1-2-33-25(32)21-16-20(14-18-6-4-3-5-7-18)35-24(21)29-26(34)31-12-10-30(11-13-31)17-19-8-9-23(28)22(27)15-19/h3-9,15-16H,2,10-14,17H2,1H3,(H,29,34). The molecule has 0 aliphatic carbocycles. The SMILES string of the molecule is CCOC(=O)c1cc(Cc2ccccc2)sc1NC(=S)N1CCN(Cc2ccc(F)c(Cl)c2)CC1. The van der Waals surface area contributed by atoms with Crippen LogP contribution in [-0.2, 0) is 17.7 Å². The number of anilines is 1. The van der Waals surface area contributed by atoms with E-state index in [0.29, 0.717) is 28.8 Å². The van der Waals surface area contributed by atoms with Crippen LogP contribution < -0.4 is 5.32 Å². The molecule has 1 saturated heterocycles. The lowest BCUT2D eigenvalue weighted by molar-refractivity contribution is 0.0528. The van der Waals surface area contributed by atoms with E-state index in [4.69, 9.17) is 28.6 Å². The highest BCUT2D eigenvalue weighted by molar-refractivity contribution is 7.80. The maximum Gasteiger partial charge on any atom is 0.341 e. The minimum Gasteiger partial charge on any atom is -0.462 e. The highest BCUT2D eigenvalue weighted by atomic mass is 35.5. The molecule has 1 aliphatic rings. The second-order valence-corrected chi connectivity index (χ2v) is 10.2. The van der Waals surface area contributed by atoms with E-state index in [9.17, 15) is 9.18 Å². The molecule has 1 aliphatic heterocycles. The number of hydrogen-bond donors (Lipinski definition) is 1. The van der Waals surface area contributed by atoms with Gasteiger partial charge in [0.25, 0.3) is 0 Å². The lowest BCUT2D eigenvalue weighted by atomic mass is 10.1. The molecule has 0 atom stereocenters. The first-order chi connectivity index (χ1) is 16.9. The monoisotopic (exact) mass is 531 g/mol. The Labute approximate surface area is 219 Å². The first-order valence-electron chi connectivity index (χ1n) is 11.5. The van der Waals surface area contributed by atoms with Crippen LogP contribution in [0.1, 0.15) is 33.3 Å². The predicted octanol–water partition coefficient (Wildman–Crippen LogP) is 5.82. The van der Waals surface area contributed by atoms with Gasteiger partial charge in [-0.2, -0.15) is 0 Å². The molecule has 0 amide bonds. The lowest BCUT2D eigenvalue weighted by Crippen LogP contribution is -2.49. The Bertz CT molecular complexity index is 1180. The van der Waals surface area contributed by atoms with Crippen LogP contribution in [-0.4, -0.2) is 53.7 Å². The Kier molecular flexibility index (Phi) is 8.73. The van der Waals surface area contributed by atoms with Crippen molar-refractivity contribution in [2.45, 2.75) is 19.9 Å². The van der Waals surface area contributed by atoms with E-state index in [1.807, 2.05) is 24.3 Å². The van der Waals surface area contributed by atoms with Gasteiger partial charge in [0.2, 0.25) is 0 Å². The van der Waals surface area contributed by atoms with E-state index in [1.54, 1.807) is 19.1 Å². The van der Waals surface area contributed by atoms with Crippen molar-refractivity contribution in [3.8, 4) is 0 Å². The number of halogens is 2. The first kappa shape index (κ1) is 25.6. The van der Waals surface area contributed by atoms with Crippen molar-refractivity contribution in [3.05, 3.63) is 87.0 Å². The number of benzene rings is 2. The Hall–Kier alpha value is -2.52. The number of ether oxygens (including phenoxy) is 1. The van der Waals surface area contributed by atoms with Gasteiger partial charge in [0.15, 0.2) is 5.11 Å². The predicted molar refractivity (Wildman–Crippen MR) is 144 cm³/mol. The van der Waals surface area contributed by atoms with Gasteiger partial charge in [-0.05, 0) is 48.5 Å². The average molecular weight is 532 g/mol. The van der Waals surface area contributed by atoms with Crippen LogP contribution in [0.2, 0.25) is 5.02 Å². The van der Waals surface area contributed by atoms with Gasteiger partial charge < -0.3 is 15.0 Å². The van der Waals surface area contributed by atoms with E-state index in [2.05, 4.69) is 27.2 Å². The van der Waals surface area contributed by atoms with Gasteiger partial charge in [-0.15, -0.1) is 11.3 Å². The van der Waals surface area contributed by atoms with Crippen molar-refractivity contribution in [1.82, 2.24) is 9.80 Å². The van der Waals surface area contributed by atoms with Crippen molar-refractivity contribution in [3.63, 3.8) is 0 Å². The van der Waals surface area contributed by atoms with Crippen LogP contribution in [0.15, 0.2) is 54.6 Å². The minimum atomic E-state index is -0.403. The van der Waals surface area contributed by atoms with E-state index in [0.717, 1.165) is 43.0 Å². The van der Waals surface area contributed by atoms with Gasteiger partial charge >= 0.3 is 5.97 Å². The van der Waals surface area contributed by atoms with Gasteiger partial charge in [-0.3, -0.25) is 4.90 Å².